The summed E-state index contributed by atoms with van der Waals surface area (Å²) in [7, 11) is -2.04. The molecule has 0 unspecified atom stereocenters. The Hall–Kier alpha value is -1.97. The summed E-state index contributed by atoms with van der Waals surface area (Å²) < 4.78 is 27.6. The molecule has 2 amide bonds. The monoisotopic (exact) mass is 397 g/mol. The van der Waals surface area contributed by atoms with E-state index < -0.39 is 10.0 Å². The van der Waals surface area contributed by atoms with Crippen molar-refractivity contribution < 1.29 is 22.9 Å². The van der Waals surface area contributed by atoms with E-state index in [0.29, 0.717) is 31.1 Å². The molecule has 1 fully saturated rings. The van der Waals surface area contributed by atoms with Crippen LogP contribution in [0.2, 0.25) is 0 Å². The number of piperazine rings is 1. The molecule has 0 aromatic heterocycles. The number of aryl methyl sites for hydroxylation is 3. The smallest absolute Gasteiger partial charge is 0.275 e. The van der Waals surface area contributed by atoms with Crippen LogP contribution < -0.4 is 15.5 Å². The molecule has 0 spiro atoms. The van der Waals surface area contributed by atoms with E-state index in [-0.39, 0.29) is 24.9 Å². The van der Waals surface area contributed by atoms with Crippen molar-refractivity contribution in [3.8, 4) is 0 Å². The summed E-state index contributed by atoms with van der Waals surface area (Å²) in [5, 5.41) is 5.01. The molecule has 9 heteroatoms. The van der Waals surface area contributed by atoms with Crippen molar-refractivity contribution in [2.75, 3.05) is 46.3 Å². The molecule has 3 N–H and O–H groups in total. The molecule has 2 rings (SSSR count). The fourth-order valence-corrected chi connectivity index (χ4v) is 5.33. The van der Waals surface area contributed by atoms with Crippen LogP contribution in [0.1, 0.15) is 16.7 Å². The lowest BCUT2D eigenvalue weighted by molar-refractivity contribution is -0.895. The predicted octanol–water partition coefficient (Wildman–Crippen LogP) is -1.64. The molecular formula is C18H29N4O4S+. The zero-order valence-corrected chi connectivity index (χ0v) is 17.2. The molecule has 0 aliphatic carbocycles. The molecule has 1 aromatic rings. The highest BCUT2D eigenvalue weighted by Crippen LogP contribution is 2.25. The van der Waals surface area contributed by atoms with E-state index in [1.54, 1.807) is 0 Å². The fourth-order valence-electron chi connectivity index (χ4n) is 3.48. The predicted molar refractivity (Wildman–Crippen MR) is 102 cm³/mol. The quantitative estimate of drug-likeness (QED) is 0.536. The van der Waals surface area contributed by atoms with Gasteiger partial charge in [0, 0.05) is 7.05 Å². The Balaban J connectivity index is 1.97. The van der Waals surface area contributed by atoms with Crippen LogP contribution in [0.15, 0.2) is 17.0 Å². The molecule has 150 valence electrons. The number of hydrogen-bond acceptors (Lipinski definition) is 4. The van der Waals surface area contributed by atoms with Crippen LogP contribution in [0.4, 0.5) is 0 Å². The van der Waals surface area contributed by atoms with E-state index >= 15 is 0 Å². The molecular weight excluding hydrogens is 368 g/mol. The lowest BCUT2D eigenvalue weighted by Crippen LogP contribution is -3.15. The van der Waals surface area contributed by atoms with Crippen molar-refractivity contribution in [3.05, 3.63) is 28.8 Å². The molecule has 1 aliphatic rings. The molecule has 0 saturated carbocycles. The molecule has 1 aliphatic heterocycles. The third-order valence-corrected chi connectivity index (χ3v) is 6.97. The molecule has 0 atom stereocenters. The molecule has 0 radical (unpaired) electrons. The first-order valence-electron chi connectivity index (χ1n) is 9.04. The Bertz CT molecular complexity index is 792. The number of benzene rings is 1. The molecule has 8 nitrogen and oxygen atoms in total. The van der Waals surface area contributed by atoms with Gasteiger partial charge in [-0.1, -0.05) is 17.7 Å². The molecule has 1 heterocycles. The first-order chi connectivity index (χ1) is 12.6. The van der Waals surface area contributed by atoms with Crippen molar-refractivity contribution >= 4 is 21.8 Å². The fraction of sp³-hybridized carbons (Fsp3) is 0.556. The van der Waals surface area contributed by atoms with E-state index in [1.807, 2.05) is 32.9 Å². The zero-order chi connectivity index (χ0) is 20.2. The standard InChI is InChI=1S/C18H28N4O4S/c1-13-9-14(2)18(15(3)10-13)27(25,26)22-7-5-21(6-8-22)12-17(24)20-11-16(23)19-4/h9-10H,5-8,11-12H2,1-4H3,(H,19,23)(H,20,24)/p+1. The molecule has 27 heavy (non-hydrogen) atoms. The third kappa shape index (κ3) is 5.27. The van der Waals surface area contributed by atoms with Gasteiger partial charge in [0.1, 0.15) is 0 Å². The number of hydrogen-bond donors (Lipinski definition) is 3. The van der Waals surface area contributed by atoms with Gasteiger partial charge in [-0.25, -0.2) is 8.42 Å². The minimum absolute atomic E-state index is 0.0465. The van der Waals surface area contributed by atoms with Gasteiger partial charge in [-0.2, -0.15) is 4.31 Å². The minimum Gasteiger partial charge on any atom is -0.358 e. The second-order valence-corrected chi connectivity index (χ2v) is 8.88. The summed E-state index contributed by atoms with van der Waals surface area (Å²) in [5.74, 6) is -0.465. The van der Waals surface area contributed by atoms with E-state index in [4.69, 9.17) is 0 Å². The number of likely N-dealkylation sites (N-methyl/N-ethyl adjacent to an activating group) is 1. The molecule has 1 aromatic carbocycles. The van der Waals surface area contributed by atoms with Gasteiger partial charge >= 0.3 is 0 Å². The van der Waals surface area contributed by atoms with Gasteiger partial charge in [0.15, 0.2) is 6.54 Å². The van der Waals surface area contributed by atoms with Gasteiger partial charge in [0.25, 0.3) is 5.91 Å². The number of nitrogens with zero attached hydrogens (tertiary/aromatic N) is 1. The lowest BCUT2D eigenvalue weighted by atomic mass is 10.1. The average Bonchev–Trinajstić information content (AvgIpc) is 2.59. The van der Waals surface area contributed by atoms with Crippen LogP contribution in [-0.4, -0.2) is 70.9 Å². The highest BCUT2D eigenvalue weighted by atomic mass is 32.2. The van der Waals surface area contributed by atoms with E-state index in [0.717, 1.165) is 21.6 Å². The third-order valence-electron chi connectivity index (χ3n) is 4.77. The highest BCUT2D eigenvalue weighted by molar-refractivity contribution is 7.89. The van der Waals surface area contributed by atoms with Crippen molar-refractivity contribution in [2.45, 2.75) is 25.7 Å². The number of rotatable bonds is 6. The number of carbonyl (C=O) groups is 2. The SMILES string of the molecule is CNC(=O)CNC(=O)C[NH+]1CCN(S(=O)(=O)c2c(C)cc(C)cc2C)CC1. The second-order valence-electron chi connectivity index (χ2n) is 7.01. The first kappa shape index (κ1) is 21.3. The summed E-state index contributed by atoms with van der Waals surface area (Å²) in [6, 6.07) is 3.77. The maximum Gasteiger partial charge on any atom is 0.275 e. The average molecular weight is 398 g/mol. The van der Waals surface area contributed by atoms with Crippen LogP contribution >= 0.6 is 0 Å². The number of amides is 2. The maximum absolute atomic E-state index is 13.1. The summed E-state index contributed by atoms with van der Waals surface area (Å²) in [6.45, 7) is 7.63. The first-order valence-corrected chi connectivity index (χ1v) is 10.5. The summed E-state index contributed by atoms with van der Waals surface area (Å²) >= 11 is 0. The Labute approximate surface area is 161 Å². The highest BCUT2D eigenvalue weighted by Gasteiger charge is 2.33. The number of carbonyl (C=O) groups excluding carboxylic acids is 2. The largest absolute Gasteiger partial charge is 0.358 e. The number of sulfonamides is 1. The van der Waals surface area contributed by atoms with E-state index in [9.17, 15) is 18.0 Å². The van der Waals surface area contributed by atoms with Gasteiger partial charge in [-0.05, 0) is 31.9 Å². The van der Waals surface area contributed by atoms with Gasteiger partial charge in [-0.3, -0.25) is 9.59 Å². The van der Waals surface area contributed by atoms with Gasteiger partial charge < -0.3 is 15.5 Å². The Kier molecular flexibility index (Phi) is 6.96. The zero-order valence-electron chi connectivity index (χ0n) is 16.4. The van der Waals surface area contributed by atoms with Crippen LogP contribution in [0, 0.1) is 20.8 Å². The summed E-state index contributed by atoms with van der Waals surface area (Å²) in [6.07, 6.45) is 0. The van der Waals surface area contributed by atoms with Crippen molar-refractivity contribution in [1.82, 2.24) is 14.9 Å². The number of nitrogens with one attached hydrogen (secondary N) is 3. The van der Waals surface area contributed by atoms with Crippen molar-refractivity contribution in [3.63, 3.8) is 0 Å². The topological polar surface area (TPSA) is 100 Å². The molecule has 0 bridgehead atoms. The summed E-state index contributed by atoms with van der Waals surface area (Å²) in [4.78, 5) is 24.5. The van der Waals surface area contributed by atoms with Crippen molar-refractivity contribution in [1.29, 1.82) is 0 Å². The van der Waals surface area contributed by atoms with Crippen LogP contribution in [0.25, 0.3) is 0 Å². The minimum atomic E-state index is -3.55. The lowest BCUT2D eigenvalue weighted by Gasteiger charge is -2.32. The second kappa shape index (κ2) is 8.81. The Morgan fingerprint density at radius 3 is 2.15 bits per heavy atom. The van der Waals surface area contributed by atoms with Gasteiger partial charge in [-0.15, -0.1) is 0 Å². The van der Waals surface area contributed by atoms with Crippen LogP contribution in [-0.2, 0) is 19.6 Å². The maximum atomic E-state index is 13.1. The normalized spacial score (nSPS) is 16.1. The molecule has 1 saturated heterocycles. The van der Waals surface area contributed by atoms with Crippen molar-refractivity contribution in [2.24, 2.45) is 0 Å². The summed E-state index contributed by atoms with van der Waals surface area (Å²) in [5.41, 5.74) is 2.56. The van der Waals surface area contributed by atoms with E-state index in [2.05, 4.69) is 10.6 Å². The van der Waals surface area contributed by atoms with Gasteiger partial charge in [0.05, 0.1) is 37.6 Å². The number of quaternary nitrogens is 1. The van der Waals surface area contributed by atoms with Crippen LogP contribution in [0.5, 0.6) is 0 Å². The Morgan fingerprint density at radius 1 is 1.07 bits per heavy atom. The van der Waals surface area contributed by atoms with Gasteiger partial charge in [0.2, 0.25) is 15.9 Å². The van der Waals surface area contributed by atoms with E-state index in [1.165, 1.54) is 11.4 Å². The Morgan fingerprint density at radius 2 is 1.63 bits per heavy atom. The van der Waals surface area contributed by atoms with Crippen LogP contribution in [0.3, 0.4) is 0 Å².